The van der Waals surface area contributed by atoms with E-state index in [9.17, 15) is 4.39 Å². The maximum atomic E-state index is 13.9. The van der Waals surface area contributed by atoms with E-state index in [0.29, 0.717) is 16.4 Å². The third kappa shape index (κ3) is 4.21. The zero-order valence-electron chi connectivity index (χ0n) is 10.8. The zero-order valence-corrected chi connectivity index (χ0v) is 11.6. The summed E-state index contributed by atoms with van der Waals surface area (Å²) in [6.45, 7) is 0. The number of nitrogens with one attached hydrogen (secondary N) is 1. The van der Waals surface area contributed by atoms with Crippen molar-refractivity contribution in [2.45, 2.75) is 6.29 Å². The lowest BCUT2D eigenvalue weighted by Gasteiger charge is -2.14. The Morgan fingerprint density at radius 1 is 1.47 bits per heavy atom. The number of amidine groups is 1. The van der Waals surface area contributed by atoms with Crippen LogP contribution in [0.1, 0.15) is 11.9 Å². The van der Waals surface area contributed by atoms with E-state index < -0.39 is 12.1 Å². The molecule has 0 aromatic heterocycles. The van der Waals surface area contributed by atoms with E-state index in [1.165, 1.54) is 38.1 Å². The van der Waals surface area contributed by atoms with Crippen LogP contribution in [0.5, 0.6) is 0 Å². The molecule has 0 heterocycles. The van der Waals surface area contributed by atoms with Gasteiger partial charge in [-0.3, -0.25) is 5.32 Å². The molecule has 0 saturated heterocycles. The molecule has 0 aliphatic heterocycles. The van der Waals surface area contributed by atoms with Gasteiger partial charge in [0.2, 0.25) is 0 Å². The van der Waals surface area contributed by atoms with Crippen LogP contribution in [-0.4, -0.2) is 25.6 Å². The van der Waals surface area contributed by atoms with E-state index >= 15 is 0 Å². The van der Waals surface area contributed by atoms with E-state index in [-0.39, 0.29) is 0 Å². The maximum absolute atomic E-state index is 13.9. The van der Waals surface area contributed by atoms with Crippen LogP contribution in [0.25, 0.3) is 0 Å². The minimum absolute atomic E-state index is 0.294. The van der Waals surface area contributed by atoms with Gasteiger partial charge in [-0.15, -0.1) is 0 Å². The molecule has 0 amide bonds. The van der Waals surface area contributed by atoms with Crippen molar-refractivity contribution in [2.24, 2.45) is 4.99 Å². The highest BCUT2D eigenvalue weighted by molar-refractivity contribution is 8.13. The number of hydrogen-bond donors (Lipinski definition) is 1. The summed E-state index contributed by atoms with van der Waals surface area (Å²) < 4.78 is 23.9. The van der Waals surface area contributed by atoms with Crippen LogP contribution in [0.3, 0.4) is 0 Å². The molecule has 1 rings (SSSR count). The minimum Gasteiger partial charge on any atom is -0.352 e. The Balaban J connectivity index is 3.03. The Labute approximate surface area is 115 Å². The molecule has 1 aromatic carbocycles. The van der Waals surface area contributed by atoms with Gasteiger partial charge in [0.15, 0.2) is 17.7 Å². The summed E-state index contributed by atoms with van der Waals surface area (Å²) in [6, 6.07) is 4.42. The molecule has 0 radical (unpaired) electrons. The molecular weight excluding hydrogens is 269 g/mol. The molecule has 0 bridgehead atoms. The van der Waals surface area contributed by atoms with E-state index in [2.05, 4.69) is 10.3 Å². The lowest BCUT2D eigenvalue weighted by Crippen LogP contribution is -2.12. The quantitative estimate of drug-likeness (QED) is 0.302. The van der Waals surface area contributed by atoms with Gasteiger partial charge in [-0.25, -0.2) is 9.38 Å². The minimum atomic E-state index is -0.754. The van der Waals surface area contributed by atoms with E-state index in [1.807, 2.05) is 0 Å². The van der Waals surface area contributed by atoms with Crippen molar-refractivity contribution in [3.05, 3.63) is 29.6 Å². The molecule has 0 aliphatic carbocycles. The van der Waals surface area contributed by atoms with Gasteiger partial charge < -0.3 is 9.47 Å². The Bertz CT molecular complexity index is 498. The topological polar surface area (TPSA) is 66.6 Å². The second kappa shape index (κ2) is 7.74. The molecule has 102 valence electrons. The summed E-state index contributed by atoms with van der Waals surface area (Å²) in [4.78, 5) is 4.10. The average Bonchev–Trinajstić information content (AvgIpc) is 2.41. The van der Waals surface area contributed by atoms with Crippen LogP contribution < -0.4 is 5.32 Å². The van der Waals surface area contributed by atoms with Gasteiger partial charge in [0.05, 0.1) is 5.69 Å². The van der Waals surface area contributed by atoms with Crippen LogP contribution in [-0.2, 0) is 9.47 Å². The lowest BCUT2D eigenvalue weighted by molar-refractivity contribution is -0.107. The molecule has 0 unspecified atom stereocenters. The summed E-state index contributed by atoms with van der Waals surface area (Å²) in [7, 11) is 2.87. The Kier molecular flexibility index (Phi) is 6.29. The van der Waals surface area contributed by atoms with Gasteiger partial charge in [0.1, 0.15) is 5.82 Å². The zero-order chi connectivity index (χ0) is 14.3. The number of hydrogen-bond acceptors (Lipinski definition) is 5. The number of nitriles is 1. The third-order valence-corrected chi connectivity index (χ3v) is 2.83. The first kappa shape index (κ1) is 15.4. The fourth-order valence-electron chi connectivity index (χ4n) is 1.42. The summed E-state index contributed by atoms with van der Waals surface area (Å²) in [5, 5.41) is 11.3. The molecular formula is C12H14FN3O2S. The summed E-state index contributed by atoms with van der Waals surface area (Å²) in [5.41, 5.74) is 0.696. The number of rotatable bonds is 4. The highest BCUT2D eigenvalue weighted by Gasteiger charge is 2.14. The standard InChI is InChI=1S/C12H14FN3O2S/c1-17-11(18-2)9-5-4-8(6-10(9)13)16-12(19-3)15-7-14/h4-6,11H,1-3H3,(H,15,16). The van der Waals surface area contributed by atoms with E-state index in [0.717, 1.165) is 0 Å². The average molecular weight is 283 g/mol. The van der Waals surface area contributed by atoms with Crippen LogP contribution >= 0.6 is 11.8 Å². The fourth-order valence-corrected chi connectivity index (χ4v) is 1.76. The molecule has 7 heteroatoms. The largest absolute Gasteiger partial charge is 0.352 e. The van der Waals surface area contributed by atoms with Crippen molar-refractivity contribution in [1.82, 2.24) is 5.32 Å². The molecule has 0 saturated carbocycles. The second-order valence-corrected chi connectivity index (χ2v) is 4.16. The van der Waals surface area contributed by atoms with Crippen LogP contribution in [0.4, 0.5) is 10.1 Å². The van der Waals surface area contributed by atoms with Crippen molar-refractivity contribution in [2.75, 3.05) is 20.5 Å². The number of benzene rings is 1. The smallest absolute Gasteiger partial charge is 0.185 e. The molecule has 0 spiro atoms. The second-order valence-electron chi connectivity index (χ2n) is 3.37. The first-order chi connectivity index (χ1) is 9.15. The van der Waals surface area contributed by atoms with Crippen molar-refractivity contribution < 1.29 is 13.9 Å². The summed E-state index contributed by atoms with van der Waals surface area (Å²) in [5.74, 6) is -0.479. The number of thioether (sulfide) groups is 1. The van der Waals surface area contributed by atoms with Crippen molar-refractivity contribution in [1.29, 1.82) is 5.26 Å². The molecule has 1 N–H and O–H groups in total. The normalized spacial score (nSPS) is 11.5. The van der Waals surface area contributed by atoms with Gasteiger partial charge in [-0.1, -0.05) is 11.8 Å². The van der Waals surface area contributed by atoms with Crippen LogP contribution in [0.2, 0.25) is 0 Å². The van der Waals surface area contributed by atoms with E-state index in [4.69, 9.17) is 14.7 Å². The number of ether oxygens (including phenoxy) is 2. The third-order valence-electron chi connectivity index (χ3n) is 2.25. The SMILES string of the molecule is COC(OC)c1ccc(N=C(NC#N)SC)cc1F. The van der Waals surface area contributed by atoms with Crippen molar-refractivity contribution >= 4 is 22.6 Å². The van der Waals surface area contributed by atoms with Crippen LogP contribution in [0.15, 0.2) is 23.2 Å². The molecule has 0 aliphatic rings. The molecule has 0 fully saturated rings. The van der Waals surface area contributed by atoms with Gasteiger partial charge in [0.25, 0.3) is 0 Å². The summed E-state index contributed by atoms with van der Waals surface area (Å²) >= 11 is 1.26. The Morgan fingerprint density at radius 2 is 2.16 bits per heavy atom. The van der Waals surface area contributed by atoms with Gasteiger partial charge in [-0.2, -0.15) is 5.26 Å². The Morgan fingerprint density at radius 3 is 2.63 bits per heavy atom. The first-order valence-electron chi connectivity index (χ1n) is 5.29. The van der Waals surface area contributed by atoms with E-state index in [1.54, 1.807) is 18.5 Å². The van der Waals surface area contributed by atoms with Gasteiger partial charge in [-0.05, 0) is 18.4 Å². The van der Waals surface area contributed by atoms with Crippen LogP contribution in [0, 0.1) is 17.3 Å². The monoisotopic (exact) mass is 283 g/mol. The number of halogens is 1. The van der Waals surface area contributed by atoms with Gasteiger partial charge >= 0.3 is 0 Å². The molecule has 1 aromatic rings. The Hall–Kier alpha value is -1.62. The molecule has 0 atom stereocenters. The van der Waals surface area contributed by atoms with Crippen molar-refractivity contribution in [3.63, 3.8) is 0 Å². The van der Waals surface area contributed by atoms with Gasteiger partial charge in [0, 0.05) is 25.8 Å². The first-order valence-corrected chi connectivity index (χ1v) is 6.51. The number of methoxy groups -OCH3 is 2. The predicted molar refractivity (Wildman–Crippen MR) is 72.5 cm³/mol. The predicted octanol–water partition coefficient (Wildman–Crippen LogP) is 2.54. The fraction of sp³-hybridized carbons (Fsp3) is 0.333. The number of nitrogens with zero attached hydrogens (tertiary/aromatic N) is 2. The molecule has 5 nitrogen and oxygen atoms in total. The van der Waals surface area contributed by atoms with Crippen molar-refractivity contribution in [3.8, 4) is 6.19 Å². The highest BCUT2D eigenvalue weighted by Crippen LogP contribution is 2.25. The summed E-state index contributed by atoms with van der Waals surface area (Å²) in [6.07, 6.45) is 2.78. The number of aliphatic imine (C=N–C) groups is 1. The maximum Gasteiger partial charge on any atom is 0.185 e. The highest BCUT2D eigenvalue weighted by atomic mass is 32.2. The lowest BCUT2D eigenvalue weighted by atomic mass is 10.2. The molecule has 19 heavy (non-hydrogen) atoms.